The number of rotatable bonds is 5. The number of nitrogens with zero attached hydrogens (tertiary/aromatic N) is 1. The van der Waals surface area contributed by atoms with Crippen LogP contribution in [0.4, 0.5) is 5.69 Å². The van der Waals surface area contributed by atoms with Crippen molar-refractivity contribution in [1.29, 1.82) is 0 Å². The minimum absolute atomic E-state index is 0.176. The van der Waals surface area contributed by atoms with Crippen LogP contribution in [0, 0.1) is 5.92 Å². The summed E-state index contributed by atoms with van der Waals surface area (Å²) in [6.07, 6.45) is 0. The van der Waals surface area contributed by atoms with Crippen molar-refractivity contribution in [2.75, 3.05) is 12.4 Å². The van der Waals surface area contributed by atoms with Gasteiger partial charge in [-0.2, -0.15) is 0 Å². The minimum atomic E-state index is -0.730. The highest BCUT2D eigenvalue weighted by Gasteiger charge is 2.23. The third-order valence-electron chi connectivity index (χ3n) is 4.33. The van der Waals surface area contributed by atoms with Crippen molar-refractivity contribution in [3.8, 4) is 11.5 Å². The fourth-order valence-corrected chi connectivity index (χ4v) is 3.28. The van der Waals surface area contributed by atoms with Gasteiger partial charge in [-0.05, 0) is 36.2 Å². The zero-order valence-corrected chi connectivity index (χ0v) is 16.6. The number of anilines is 1. The van der Waals surface area contributed by atoms with Gasteiger partial charge < -0.3 is 19.7 Å². The molecule has 3 rings (SSSR count). The number of halogens is 1. The van der Waals surface area contributed by atoms with Crippen LogP contribution < -0.4 is 15.6 Å². The molecule has 2 aromatic carbocycles. The number of fused-ring (bicyclic) bond motifs is 1. The van der Waals surface area contributed by atoms with Gasteiger partial charge in [0.25, 0.3) is 11.5 Å². The van der Waals surface area contributed by atoms with Crippen molar-refractivity contribution in [2.24, 2.45) is 5.92 Å². The molecule has 0 radical (unpaired) electrons. The number of carbonyl (C=O) groups is 1. The summed E-state index contributed by atoms with van der Waals surface area (Å²) in [5, 5.41) is 14.1. The normalized spacial score (nSPS) is 11.0. The smallest absolute Gasteiger partial charge is 0.267 e. The Morgan fingerprint density at radius 3 is 2.64 bits per heavy atom. The number of aromatic nitrogens is 1. The highest BCUT2D eigenvalue weighted by molar-refractivity contribution is 6.31. The maximum absolute atomic E-state index is 13.1. The predicted molar refractivity (Wildman–Crippen MR) is 111 cm³/mol. The summed E-state index contributed by atoms with van der Waals surface area (Å²) >= 11 is 6.00. The first-order chi connectivity index (χ1) is 13.3. The molecule has 6 nitrogen and oxygen atoms in total. The number of pyridine rings is 1. The summed E-state index contributed by atoms with van der Waals surface area (Å²) in [6.45, 7) is 4.37. The maximum Gasteiger partial charge on any atom is 0.267 e. The molecule has 0 saturated heterocycles. The van der Waals surface area contributed by atoms with E-state index in [4.69, 9.17) is 16.3 Å². The second kappa shape index (κ2) is 7.94. The van der Waals surface area contributed by atoms with Gasteiger partial charge in [0.15, 0.2) is 0 Å². The van der Waals surface area contributed by atoms with Crippen LogP contribution in [0.1, 0.15) is 24.2 Å². The molecule has 0 aliphatic rings. The van der Waals surface area contributed by atoms with Gasteiger partial charge in [-0.1, -0.05) is 37.6 Å². The topological polar surface area (TPSA) is 80.6 Å². The molecule has 7 heteroatoms. The lowest BCUT2D eigenvalue weighted by Crippen LogP contribution is -2.31. The van der Waals surface area contributed by atoms with E-state index < -0.39 is 11.5 Å². The Bertz CT molecular complexity index is 1110. The molecule has 0 aliphatic carbocycles. The van der Waals surface area contributed by atoms with Crippen molar-refractivity contribution >= 4 is 34.1 Å². The molecule has 1 heterocycles. The van der Waals surface area contributed by atoms with Crippen molar-refractivity contribution in [2.45, 2.75) is 20.4 Å². The van der Waals surface area contributed by atoms with Crippen LogP contribution in [0.15, 0.2) is 47.3 Å². The van der Waals surface area contributed by atoms with E-state index in [1.165, 1.54) is 17.7 Å². The zero-order chi connectivity index (χ0) is 20.4. The molecule has 1 aromatic heterocycles. The van der Waals surface area contributed by atoms with Gasteiger partial charge >= 0.3 is 0 Å². The highest BCUT2D eigenvalue weighted by Crippen LogP contribution is 2.30. The molecule has 146 valence electrons. The number of methoxy groups -OCH3 is 1. The Morgan fingerprint density at radius 2 is 1.96 bits per heavy atom. The monoisotopic (exact) mass is 400 g/mol. The summed E-state index contributed by atoms with van der Waals surface area (Å²) in [5.41, 5.74) is 0.0164. The van der Waals surface area contributed by atoms with Crippen LogP contribution >= 0.6 is 11.6 Å². The number of amides is 1. The third-order valence-corrected chi connectivity index (χ3v) is 4.57. The number of para-hydroxylation sites is 1. The second-order valence-corrected chi connectivity index (χ2v) is 7.29. The molecule has 3 aromatic rings. The van der Waals surface area contributed by atoms with E-state index in [2.05, 4.69) is 5.32 Å². The van der Waals surface area contributed by atoms with E-state index in [1.54, 1.807) is 36.4 Å². The Balaban J connectivity index is 2.16. The summed E-state index contributed by atoms with van der Waals surface area (Å²) in [5.74, 6) is -0.513. The Morgan fingerprint density at radius 1 is 1.25 bits per heavy atom. The largest absolute Gasteiger partial charge is 0.506 e. The van der Waals surface area contributed by atoms with Crippen LogP contribution in [0.2, 0.25) is 5.02 Å². The number of nitrogens with one attached hydrogen (secondary N) is 1. The number of aromatic hydroxyl groups is 1. The lowest BCUT2D eigenvalue weighted by molar-refractivity contribution is 0.102. The number of hydrogen-bond donors (Lipinski definition) is 2. The maximum atomic E-state index is 13.1. The van der Waals surface area contributed by atoms with Crippen LogP contribution in [0.3, 0.4) is 0 Å². The SMILES string of the molecule is COc1ccc(Cl)cc1NC(=O)c1c(O)c2ccccc2n(CC(C)C)c1=O. The first-order valence-corrected chi connectivity index (χ1v) is 9.20. The van der Waals surface area contributed by atoms with Crippen LogP contribution in [-0.4, -0.2) is 22.7 Å². The van der Waals surface area contributed by atoms with Crippen LogP contribution in [-0.2, 0) is 6.54 Å². The fraction of sp³-hybridized carbons (Fsp3) is 0.238. The van der Waals surface area contributed by atoms with Crippen molar-refractivity contribution in [3.05, 3.63) is 63.4 Å². The van der Waals surface area contributed by atoms with E-state index in [-0.39, 0.29) is 17.2 Å². The van der Waals surface area contributed by atoms with E-state index in [1.807, 2.05) is 13.8 Å². The van der Waals surface area contributed by atoms with Gasteiger partial charge in [0, 0.05) is 17.0 Å². The summed E-state index contributed by atoms with van der Waals surface area (Å²) < 4.78 is 6.74. The van der Waals surface area contributed by atoms with Crippen LogP contribution in [0.25, 0.3) is 10.9 Å². The molecule has 2 N–H and O–H groups in total. The number of ether oxygens (including phenoxy) is 1. The first kappa shape index (κ1) is 19.8. The number of carbonyl (C=O) groups excluding carboxylic acids is 1. The molecule has 0 bridgehead atoms. The molecule has 0 saturated carbocycles. The molecular weight excluding hydrogens is 380 g/mol. The van der Waals surface area contributed by atoms with Gasteiger partial charge in [-0.3, -0.25) is 9.59 Å². The van der Waals surface area contributed by atoms with E-state index in [9.17, 15) is 14.7 Å². The van der Waals surface area contributed by atoms with Gasteiger partial charge in [0.2, 0.25) is 0 Å². The number of benzene rings is 2. The molecule has 0 spiro atoms. The van der Waals surface area contributed by atoms with Crippen LogP contribution in [0.5, 0.6) is 11.5 Å². The summed E-state index contributed by atoms with van der Waals surface area (Å²) in [6, 6.07) is 11.7. The molecule has 28 heavy (non-hydrogen) atoms. The molecule has 0 atom stereocenters. The quantitative estimate of drug-likeness (QED) is 0.669. The predicted octanol–water partition coefficient (Wildman–Crippen LogP) is 4.28. The lowest BCUT2D eigenvalue weighted by Gasteiger charge is -2.17. The average molecular weight is 401 g/mol. The highest BCUT2D eigenvalue weighted by atomic mass is 35.5. The molecule has 0 aliphatic heterocycles. The van der Waals surface area contributed by atoms with Crippen molar-refractivity contribution < 1.29 is 14.6 Å². The van der Waals surface area contributed by atoms with E-state index in [0.29, 0.717) is 33.9 Å². The standard InChI is InChI=1S/C21H21ClN2O4/c1-12(2)11-24-16-7-5-4-6-14(16)19(25)18(21(24)27)20(26)23-15-10-13(22)8-9-17(15)28-3/h4-10,12,25H,11H2,1-3H3,(H,23,26). The Hall–Kier alpha value is -2.99. The van der Waals surface area contributed by atoms with E-state index >= 15 is 0 Å². The molecule has 0 unspecified atom stereocenters. The van der Waals surface area contributed by atoms with Gasteiger partial charge in [0.1, 0.15) is 17.1 Å². The van der Waals surface area contributed by atoms with Gasteiger partial charge in [-0.25, -0.2) is 0 Å². The fourth-order valence-electron chi connectivity index (χ4n) is 3.10. The van der Waals surface area contributed by atoms with E-state index in [0.717, 1.165) is 0 Å². The zero-order valence-electron chi connectivity index (χ0n) is 15.8. The Kier molecular flexibility index (Phi) is 5.61. The van der Waals surface area contributed by atoms with Gasteiger partial charge in [-0.15, -0.1) is 0 Å². The molecular formula is C21H21ClN2O4. The molecule has 1 amide bonds. The summed E-state index contributed by atoms with van der Waals surface area (Å²) in [4.78, 5) is 26.0. The first-order valence-electron chi connectivity index (χ1n) is 8.82. The van der Waals surface area contributed by atoms with Gasteiger partial charge in [0.05, 0.1) is 18.3 Å². The van der Waals surface area contributed by atoms with Crippen molar-refractivity contribution in [1.82, 2.24) is 4.57 Å². The summed E-state index contributed by atoms with van der Waals surface area (Å²) in [7, 11) is 1.46. The lowest BCUT2D eigenvalue weighted by atomic mass is 10.1. The third kappa shape index (κ3) is 3.68. The van der Waals surface area contributed by atoms with Crippen molar-refractivity contribution in [3.63, 3.8) is 0 Å². The minimum Gasteiger partial charge on any atom is -0.506 e. The second-order valence-electron chi connectivity index (χ2n) is 6.85. The number of hydrogen-bond acceptors (Lipinski definition) is 4. The molecule has 0 fully saturated rings. The Labute approximate surface area is 167 Å². The average Bonchev–Trinajstić information content (AvgIpc) is 2.65.